The quantitative estimate of drug-likeness (QED) is 0.583. The highest BCUT2D eigenvalue weighted by Gasteiger charge is 2.34. The number of thiocarbonyl (C=S) groups is 1. The van der Waals surface area contributed by atoms with E-state index in [0.29, 0.717) is 10.5 Å². The summed E-state index contributed by atoms with van der Waals surface area (Å²) in [6.45, 7) is 0. The fraction of sp³-hybridized carbons (Fsp3) is 0.0556. The first kappa shape index (κ1) is 19.1. The van der Waals surface area contributed by atoms with Gasteiger partial charge in [-0.1, -0.05) is 36.1 Å². The number of alkyl halides is 3. The maximum Gasteiger partial charge on any atom is 0.416 e. The number of carbonyl (C=O) groups excluding carboxylic acids is 1. The molecule has 1 amide bonds. The van der Waals surface area contributed by atoms with Crippen molar-refractivity contribution < 1.29 is 27.9 Å². The van der Waals surface area contributed by atoms with Crippen LogP contribution >= 0.6 is 24.0 Å². The van der Waals surface area contributed by atoms with Crippen molar-refractivity contribution in [1.29, 1.82) is 0 Å². The zero-order chi connectivity index (χ0) is 19.8. The lowest BCUT2D eigenvalue weighted by Crippen LogP contribution is -2.27. The largest absolute Gasteiger partial charge is 0.478 e. The predicted molar refractivity (Wildman–Crippen MR) is 100 cm³/mol. The number of nitrogens with zero attached hydrogens (tertiary/aromatic N) is 1. The van der Waals surface area contributed by atoms with Gasteiger partial charge in [-0.2, -0.15) is 13.2 Å². The van der Waals surface area contributed by atoms with Crippen LogP contribution < -0.4 is 4.90 Å². The van der Waals surface area contributed by atoms with E-state index in [4.69, 9.17) is 17.3 Å². The lowest BCUT2D eigenvalue weighted by molar-refractivity contribution is -0.137. The molecule has 9 heteroatoms. The Labute approximate surface area is 161 Å². The van der Waals surface area contributed by atoms with Crippen LogP contribution in [0.25, 0.3) is 6.08 Å². The highest BCUT2D eigenvalue weighted by molar-refractivity contribution is 8.27. The number of thioether (sulfide) groups is 1. The average Bonchev–Trinajstić information content (AvgIpc) is 2.88. The number of amides is 1. The molecule has 1 heterocycles. The number of carboxylic acids is 1. The van der Waals surface area contributed by atoms with E-state index in [1.54, 1.807) is 18.2 Å². The van der Waals surface area contributed by atoms with E-state index < -0.39 is 23.6 Å². The first-order chi connectivity index (χ1) is 12.7. The lowest BCUT2D eigenvalue weighted by Gasteiger charge is -2.15. The molecule has 1 aliphatic heterocycles. The second kappa shape index (κ2) is 7.16. The predicted octanol–water partition coefficient (Wildman–Crippen LogP) is 4.81. The third-order valence-corrected chi connectivity index (χ3v) is 5.00. The van der Waals surface area contributed by atoms with E-state index >= 15 is 0 Å². The van der Waals surface area contributed by atoms with Gasteiger partial charge in [-0.25, -0.2) is 4.79 Å². The summed E-state index contributed by atoms with van der Waals surface area (Å²) in [5.41, 5.74) is 0.151. The highest BCUT2D eigenvalue weighted by Crippen LogP contribution is 2.37. The van der Waals surface area contributed by atoms with Crippen LogP contribution in [-0.2, 0) is 11.0 Å². The monoisotopic (exact) mass is 409 g/mol. The van der Waals surface area contributed by atoms with E-state index in [1.165, 1.54) is 24.3 Å². The van der Waals surface area contributed by atoms with Gasteiger partial charge in [-0.15, -0.1) is 0 Å². The molecule has 138 valence electrons. The molecule has 1 aliphatic rings. The molecule has 0 spiro atoms. The number of halogens is 3. The molecule has 0 aromatic heterocycles. The molecule has 0 unspecified atom stereocenters. The Morgan fingerprint density at radius 1 is 1.07 bits per heavy atom. The Kier molecular flexibility index (Phi) is 5.07. The van der Waals surface area contributed by atoms with Crippen molar-refractivity contribution in [3.63, 3.8) is 0 Å². The summed E-state index contributed by atoms with van der Waals surface area (Å²) in [5.74, 6) is -1.51. The minimum Gasteiger partial charge on any atom is -0.478 e. The second-order valence-electron chi connectivity index (χ2n) is 5.49. The first-order valence-corrected chi connectivity index (χ1v) is 8.68. The van der Waals surface area contributed by atoms with Crippen LogP contribution in [-0.4, -0.2) is 21.3 Å². The van der Waals surface area contributed by atoms with Crippen LogP contribution in [0.3, 0.4) is 0 Å². The zero-order valence-corrected chi connectivity index (χ0v) is 15.0. The number of anilines is 1. The molecule has 27 heavy (non-hydrogen) atoms. The fourth-order valence-corrected chi connectivity index (χ4v) is 3.66. The van der Waals surface area contributed by atoms with Crippen molar-refractivity contribution >= 4 is 51.9 Å². The van der Waals surface area contributed by atoms with E-state index in [1.807, 2.05) is 0 Å². The highest BCUT2D eigenvalue weighted by atomic mass is 32.2. The Bertz CT molecular complexity index is 951. The molecule has 4 nitrogen and oxygen atoms in total. The van der Waals surface area contributed by atoms with Crippen LogP contribution in [0.15, 0.2) is 53.4 Å². The molecule has 0 atom stereocenters. The van der Waals surface area contributed by atoms with Gasteiger partial charge in [0.15, 0.2) is 4.32 Å². The standard InChI is InChI=1S/C18H10F3NO3S2/c19-18(20,21)12-5-7-13(8-6-12)22-15(23)14(27-17(22)26)9-10-1-3-11(4-2-10)16(24)25/h1-9H,(H,24,25)/b14-9+. The summed E-state index contributed by atoms with van der Waals surface area (Å²) in [7, 11) is 0. The Hall–Kier alpha value is -2.65. The van der Waals surface area contributed by atoms with Gasteiger partial charge in [0, 0.05) is 0 Å². The fourth-order valence-electron chi connectivity index (χ4n) is 2.36. The molecule has 0 aliphatic carbocycles. The molecule has 1 N–H and O–H groups in total. The third kappa shape index (κ3) is 4.04. The van der Waals surface area contributed by atoms with Crippen molar-refractivity contribution in [3.8, 4) is 0 Å². The lowest BCUT2D eigenvalue weighted by atomic mass is 10.1. The topological polar surface area (TPSA) is 57.6 Å². The van der Waals surface area contributed by atoms with Crippen molar-refractivity contribution in [3.05, 3.63) is 70.1 Å². The van der Waals surface area contributed by atoms with Crippen molar-refractivity contribution in [2.75, 3.05) is 4.90 Å². The molecule has 1 saturated heterocycles. The van der Waals surface area contributed by atoms with E-state index in [-0.39, 0.29) is 15.6 Å². The maximum absolute atomic E-state index is 12.7. The van der Waals surface area contributed by atoms with Gasteiger partial charge < -0.3 is 5.11 Å². The van der Waals surface area contributed by atoms with Crippen LogP contribution in [0.4, 0.5) is 18.9 Å². The van der Waals surface area contributed by atoms with E-state index in [2.05, 4.69) is 0 Å². The molecular formula is C18H10F3NO3S2. The average molecular weight is 409 g/mol. The maximum atomic E-state index is 12.7. The second-order valence-corrected chi connectivity index (χ2v) is 7.16. The van der Waals surface area contributed by atoms with Crippen LogP contribution in [0.2, 0.25) is 0 Å². The zero-order valence-electron chi connectivity index (χ0n) is 13.4. The number of rotatable bonds is 3. The van der Waals surface area contributed by atoms with Gasteiger partial charge in [0.25, 0.3) is 5.91 Å². The minimum atomic E-state index is -4.46. The summed E-state index contributed by atoms with van der Waals surface area (Å²) in [6.07, 6.45) is -2.91. The molecule has 1 fully saturated rings. The minimum absolute atomic E-state index is 0.115. The number of carboxylic acid groups (broad SMARTS) is 1. The molecular weight excluding hydrogens is 399 g/mol. The molecule has 0 saturated carbocycles. The van der Waals surface area contributed by atoms with Crippen LogP contribution in [0.5, 0.6) is 0 Å². The van der Waals surface area contributed by atoms with Gasteiger partial charge in [0.05, 0.1) is 21.7 Å². The molecule has 2 aromatic rings. The first-order valence-electron chi connectivity index (χ1n) is 7.45. The van der Waals surface area contributed by atoms with Crippen LogP contribution in [0.1, 0.15) is 21.5 Å². The normalized spacial score (nSPS) is 16.3. The molecule has 0 radical (unpaired) electrons. The third-order valence-electron chi connectivity index (χ3n) is 3.70. The summed E-state index contributed by atoms with van der Waals surface area (Å²) in [5, 5.41) is 8.90. The summed E-state index contributed by atoms with van der Waals surface area (Å²) < 4.78 is 38.2. The van der Waals surface area contributed by atoms with Crippen molar-refractivity contribution in [1.82, 2.24) is 0 Å². The van der Waals surface area contributed by atoms with Crippen molar-refractivity contribution in [2.24, 2.45) is 0 Å². The molecule has 0 bridgehead atoms. The Morgan fingerprint density at radius 3 is 2.19 bits per heavy atom. The van der Waals surface area contributed by atoms with E-state index in [9.17, 15) is 22.8 Å². The number of aromatic carboxylic acids is 1. The molecule has 3 rings (SSSR count). The molecule has 2 aromatic carbocycles. The smallest absolute Gasteiger partial charge is 0.416 e. The van der Waals surface area contributed by atoms with Gasteiger partial charge >= 0.3 is 12.1 Å². The number of hydrogen-bond acceptors (Lipinski definition) is 4. The van der Waals surface area contributed by atoms with Crippen molar-refractivity contribution in [2.45, 2.75) is 6.18 Å². The summed E-state index contributed by atoms with van der Waals surface area (Å²) in [4.78, 5) is 24.9. The van der Waals surface area contributed by atoms with Gasteiger partial charge in [0.1, 0.15) is 0 Å². The Morgan fingerprint density at radius 2 is 1.67 bits per heavy atom. The Balaban J connectivity index is 1.85. The van der Waals surface area contributed by atoms with Gasteiger partial charge in [0.2, 0.25) is 0 Å². The number of hydrogen-bond donors (Lipinski definition) is 1. The number of benzene rings is 2. The van der Waals surface area contributed by atoms with Gasteiger partial charge in [-0.3, -0.25) is 9.69 Å². The number of carbonyl (C=O) groups is 2. The SMILES string of the molecule is O=C(O)c1ccc(/C=C2/SC(=S)N(c3ccc(C(F)(F)F)cc3)C2=O)cc1. The van der Waals surface area contributed by atoms with E-state index in [0.717, 1.165) is 28.8 Å². The van der Waals surface area contributed by atoms with Gasteiger partial charge in [-0.05, 0) is 48.0 Å². The summed E-state index contributed by atoms with van der Waals surface area (Å²) in [6, 6.07) is 10.1. The van der Waals surface area contributed by atoms with Crippen LogP contribution in [0, 0.1) is 0 Å². The summed E-state index contributed by atoms with van der Waals surface area (Å²) >= 11 is 6.20.